The Morgan fingerprint density at radius 1 is 1.24 bits per heavy atom. The molecule has 3 rings (SSSR count). The van der Waals surface area contributed by atoms with Crippen molar-refractivity contribution >= 4 is 29.0 Å². The van der Waals surface area contributed by atoms with Crippen molar-refractivity contribution < 1.29 is 19.1 Å². The Morgan fingerprint density at radius 2 is 2.00 bits per heavy atom. The zero-order valence-electron chi connectivity index (χ0n) is 17.4. The SMILES string of the molecule is COC(=O)C1C(C)=NC(C)=C(C(=O)OCCc2cc(C)[nH]c2C)C1c1ccsc1. The molecule has 0 aliphatic carbocycles. The Hall–Kier alpha value is -2.67. The first-order valence-electron chi connectivity index (χ1n) is 9.51. The van der Waals surface area contributed by atoms with Gasteiger partial charge in [0.15, 0.2) is 0 Å². The highest BCUT2D eigenvalue weighted by Gasteiger charge is 2.42. The number of methoxy groups -OCH3 is 1. The van der Waals surface area contributed by atoms with E-state index in [0.717, 1.165) is 22.5 Å². The summed E-state index contributed by atoms with van der Waals surface area (Å²) in [5.74, 6) is -1.95. The van der Waals surface area contributed by atoms with Gasteiger partial charge in [-0.2, -0.15) is 11.3 Å². The number of aliphatic imine (C=N–C) groups is 1. The van der Waals surface area contributed by atoms with Crippen LogP contribution in [-0.4, -0.2) is 36.4 Å². The van der Waals surface area contributed by atoms with Gasteiger partial charge in [0.05, 0.1) is 19.3 Å². The minimum absolute atomic E-state index is 0.260. The van der Waals surface area contributed by atoms with Crippen LogP contribution in [0.1, 0.15) is 42.3 Å². The molecule has 2 aromatic heterocycles. The number of allylic oxidation sites excluding steroid dienone is 1. The van der Waals surface area contributed by atoms with Gasteiger partial charge in [0, 0.05) is 35.1 Å². The molecule has 1 aliphatic heterocycles. The predicted molar refractivity (Wildman–Crippen MR) is 113 cm³/mol. The summed E-state index contributed by atoms with van der Waals surface area (Å²) < 4.78 is 10.6. The number of nitrogens with one attached hydrogen (secondary N) is 1. The van der Waals surface area contributed by atoms with Gasteiger partial charge in [-0.25, -0.2) is 4.79 Å². The smallest absolute Gasteiger partial charge is 0.336 e. The number of hydrogen-bond acceptors (Lipinski definition) is 6. The summed E-state index contributed by atoms with van der Waals surface area (Å²) in [6.45, 7) is 7.84. The molecule has 0 aromatic carbocycles. The van der Waals surface area contributed by atoms with Crippen molar-refractivity contribution in [3.8, 4) is 0 Å². The second-order valence-corrected chi connectivity index (χ2v) is 8.06. The molecule has 154 valence electrons. The molecule has 0 bridgehead atoms. The summed E-state index contributed by atoms with van der Waals surface area (Å²) in [6, 6.07) is 3.99. The molecule has 1 aliphatic rings. The van der Waals surface area contributed by atoms with Crippen molar-refractivity contribution in [3.63, 3.8) is 0 Å². The lowest BCUT2D eigenvalue weighted by atomic mass is 9.76. The minimum Gasteiger partial charge on any atom is -0.468 e. The van der Waals surface area contributed by atoms with Crippen LogP contribution in [0.2, 0.25) is 0 Å². The van der Waals surface area contributed by atoms with Crippen molar-refractivity contribution in [2.75, 3.05) is 13.7 Å². The number of aromatic amines is 1. The van der Waals surface area contributed by atoms with Crippen molar-refractivity contribution in [3.05, 3.63) is 56.7 Å². The van der Waals surface area contributed by atoms with Crippen LogP contribution < -0.4 is 0 Å². The van der Waals surface area contributed by atoms with E-state index in [9.17, 15) is 9.59 Å². The number of aromatic nitrogens is 1. The molecule has 0 amide bonds. The van der Waals surface area contributed by atoms with Gasteiger partial charge in [-0.1, -0.05) is 0 Å². The highest BCUT2D eigenvalue weighted by atomic mass is 32.1. The van der Waals surface area contributed by atoms with E-state index < -0.39 is 23.8 Å². The summed E-state index contributed by atoms with van der Waals surface area (Å²) in [5.41, 5.74) is 5.82. The monoisotopic (exact) mass is 414 g/mol. The number of carbonyl (C=O) groups excluding carboxylic acids is 2. The van der Waals surface area contributed by atoms with Crippen LogP contribution in [0.5, 0.6) is 0 Å². The second kappa shape index (κ2) is 8.78. The van der Waals surface area contributed by atoms with Gasteiger partial charge in [-0.15, -0.1) is 0 Å². The summed E-state index contributed by atoms with van der Waals surface area (Å²) in [5, 5.41) is 3.88. The maximum absolute atomic E-state index is 13.1. The number of hydrogen-bond donors (Lipinski definition) is 1. The summed E-state index contributed by atoms with van der Waals surface area (Å²) in [4.78, 5) is 33.3. The molecular formula is C22H26N2O4S. The fourth-order valence-electron chi connectivity index (χ4n) is 3.92. The number of esters is 2. The highest BCUT2D eigenvalue weighted by molar-refractivity contribution is 7.08. The van der Waals surface area contributed by atoms with E-state index in [2.05, 4.69) is 16.0 Å². The van der Waals surface area contributed by atoms with Crippen LogP contribution in [0, 0.1) is 19.8 Å². The average Bonchev–Trinajstić information content (AvgIpc) is 3.30. The molecule has 0 spiro atoms. The number of ether oxygens (including phenoxy) is 2. The number of thiophene rings is 1. The Balaban J connectivity index is 1.85. The number of aryl methyl sites for hydroxylation is 2. The molecule has 6 nitrogen and oxygen atoms in total. The third kappa shape index (κ3) is 4.34. The van der Waals surface area contributed by atoms with Gasteiger partial charge in [0.25, 0.3) is 0 Å². The van der Waals surface area contributed by atoms with Gasteiger partial charge in [-0.05, 0) is 61.7 Å². The molecule has 2 unspecified atom stereocenters. The molecule has 0 radical (unpaired) electrons. The van der Waals surface area contributed by atoms with E-state index in [4.69, 9.17) is 9.47 Å². The van der Waals surface area contributed by atoms with E-state index in [1.54, 1.807) is 13.8 Å². The van der Waals surface area contributed by atoms with E-state index in [-0.39, 0.29) is 6.61 Å². The molecular weight excluding hydrogens is 388 g/mol. The molecule has 0 fully saturated rings. The van der Waals surface area contributed by atoms with Gasteiger partial charge in [0.2, 0.25) is 0 Å². The van der Waals surface area contributed by atoms with Crippen LogP contribution in [0.15, 0.2) is 39.2 Å². The van der Waals surface area contributed by atoms with Crippen molar-refractivity contribution in [1.29, 1.82) is 0 Å². The summed E-state index contributed by atoms with van der Waals surface area (Å²) in [7, 11) is 1.35. The first-order chi connectivity index (χ1) is 13.8. The fraction of sp³-hybridized carbons (Fsp3) is 0.409. The Kier molecular flexibility index (Phi) is 6.37. The number of carbonyl (C=O) groups is 2. The lowest BCUT2D eigenvalue weighted by molar-refractivity contribution is -0.144. The molecule has 2 aromatic rings. The van der Waals surface area contributed by atoms with E-state index in [1.165, 1.54) is 18.4 Å². The summed E-state index contributed by atoms with van der Waals surface area (Å²) >= 11 is 1.52. The van der Waals surface area contributed by atoms with Gasteiger partial charge in [0.1, 0.15) is 5.92 Å². The van der Waals surface area contributed by atoms with Crippen LogP contribution in [0.25, 0.3) is 0 Å². The van der Waals surface area contributed by atoms with Crippen molar-refractivity contribution in [2.24, 2.45) is 10.9 Å². The predicted octanol–water partition coefficient (Wildman–Crippen LogP) is 4.10. The highest BCUT2D eigenvalue weighted by Crippen LogP contribution is 2.40. The van der Waals surface area contributed by atoms with Gasteiger partial charge < -0.3 is 14.5 Å². The van der Waals surface area contributed by atoms with Crippen LogP contribution in [0.3, 0.4) is 0 Å². The zero-order chi connectivity index (χ0) is 21.1. The van der Waals surface area contributed by atoms with Gasteiger partial charge >= 0.3 is 11.9 Å². The normalized spacial score (nSPS) is 19.1. The number of H-pyrrole nitrogens is 1. The van der Waals surface area contributed by atoms with Crippen LogP contribution >= 0.6 is 11.3 Å². The molecule has 29 heavy (non-hydrogen) atoms. The van der Waals surface area contributed by atoms with Crippen LogP contribution in [0.4, 0.5) is 0 Å². The Labute approximate surface area is 174 Å². The van der Waals surface area contributed by atoms with Crippen LogP contribution in [-0.2, 0) is 25.5 Å². The van der Waals surface area contributed by atoms with E-state index >= 15 is 0 Å². The number of nitrogens with zero attached hydrogens (tertiary/aromatic N) is 1. The zero-order valence-corrected chi connectivity index (χ0v) is 18.2. The Bertz CT molecular complexity index is 969. The largest absolute Gasteiger partial charge is 0.468 e. The molecule has 3 heterocycles. The lowest BCUT2D eigenvalue weighted by Gasteiger charge is -2.30. The molecule has 0 saturated carbocycles. The third-order valence-electron chi connectivity index (χ3n) is 5.27. The Morgan fingerprint density at radius 3 is 2.59 bits per heavy atom. The van der Waals surface area contributed by atoms with E-state index in [1.807, 2.05) is 30.7 Å². The maximum Gasteiger partial charge on any atom is 0.336 e. The quantitative estimate of drug-likeness (QED) is 0.722. The topological polar surface area (TPSA) is 80.8 Å². The number of rotatable bonds is 6. The second-order valence-electron chi connectivity index (χ2n) is 7.28. The van der Waals surface area contributed by atoms with Crippen molar-refractivity contribution in [1.82, 2.24) is 4.98 Å². The molecule has 1 N–H and O–H groups in total. The van der Waals surface area contributed by atoms with Crippen molar-refractivity contribution in [2.45, 2.75) is 40.0 Å². The summed E-state index contributed by atoms with van der Waals surface area (Å²) in [6.07, 6.45) is 0.625. The third-order valence-corrected chi connectivity index (χ3v) is 5.97. The first-order valence-corrected chi connectivity index (χ1v) is 10.5. The van der Waals surface area contributed by atoms with E-state index in [0.29, 0.717) is 23.4 Å². The minimum atomic E-state index is -0.643. The molecule has 7 heteroatoms. The average molecular weight is 415 g/mol. The fourth-order valence-corrected chi connectivity index (χ4v) is 4.62. The van der Waals surface area contributed by atoms with Gasteiger partial charge in [-0.3, -0.25) is 9.79 Å². The molecule has 0 saturated heterocycles. The maximum atomic E-state index is 13.1. The first kappa shape index (κ1) is 21.0. The standard InChI is InChI=1S/C22H26N2O4S/c1-12-10-16(13(2)23-12)6-8-28-22(26)19-15(4)24-14(3)18(21(25)27-5)20(19)17-7-9-29-11-17/h7,9-11,18,20,23H,6,8H2,1-5H3. The molecule has 2 atom stereocenters. The lowest BCUT2D eigenvalue weighted by Crippen LogP contribution is -2.36.